The van der Waals surface area contributed by atoms with Crippen LogP contribution in [0.5, 0.6) is 5.88 Å². The molecular formula is C17H26N2O3. The molecule has 2 atom stereocenters. The summed E-state index contributed by atoms with van der Waals surface area (Å²) in [4.78, 5) is 18.7. The lowest BCUT2D eigenvalue weighted by Crippen LogP contribution is -2.46. The number of pyridine rings is 1. The summed E-state index contributed by atoms with van der Waals surface area (Å²) in [6.45, 7) is 7.48. The summed E-state index contributed by atoms with van der Waals surface area (Å²) < 4.78 is 5.68. The lowest BCUT2D eigenvalue weighted by molar-refractivity contribution is 0.0357. The van der Waals surface area contributed by atoms with E-state index in [0.29, 0.717) is 18.0 Å². The van der Waals surface area contributed by atoms with E-state index < -0.39 is 0 Å². The van der Waals surface area contributed by atoms with E-state index in [-0.39, 0.29) is 24.0 Å². The van der Waals surface area contributed by atoms with Crippen molar-refractivity contribution < 1.29 is 14.6 Å². The molecule has 1 aromatic rings. The number of nitrogens with zero attached hydrogens (tertiary/aromatic N) is 2. The van der Waals surface area contributed by atoms with Crippen LogP contribution in [0.1, 0.15) is 50.4 Å². The van der Waals surface area contributed by atoms with Gasteiger partial charge in [0.2, 0.25) is 5.88 Å². The van der Waals surface area contributed by atoms with Crippen LogP contribution in [-0.4, -0.2) is 46.7 Å². The van der Waals surface area contributed by atoms with E-state index in [9.17, 15) is 9.90 Å². The zero-order chi connectivity index (χ0) is 16.2. The number of hydrogen-bond donors (Lipinski definition) is 1. The van der Waals surface area contributed by atoms with Crippen LogP contribution in [0.3, 0.4) is 0 Å². The number of carbonyl (C=O) groups is 1. The first-order valence-corrected chi connectivity index (χ1v) is 8.00. The number of aromatic nitrogens is 1. The molecule has 5 heteroatoms. The van der Waals surface area contributed by atoms with Crippen LogP contribution in [-0.2, 0) is 0 Å². The Morgan fingerprint density at radius 3 is 3.05 bits per heavy atom. The van der Waals surface area contributed by atoms with Gasteiger partial charge in [0, 0.05) is 36.3 Å². The van der Waals surface area contributed by atoms with Gasteiger partial charge in [-0.25, -0.2) is 4.98 Å². The van der Waals surface area contributed by atoms with Gasteiger partial charge in [-0.1, -0.05) is 13.8 Å². The Morgan fingerprint density at radius 1 is 1.59 bits per heavy atom. The second-order valence-corrected chi connectivity index (χ2v) is 6.52. The molecule has 0 aliphatic carbocycles. The van der Waals surface area contributed by atoms with Crippen LogP contribution >= 0.6 is 0 Å². The molecule has 0 aromatic carbocycles. The standard InChI is InChI=1S/C17H26N2O3/c1-4-13(2)22-15-10-14(6-8-18-15)16(21)19-9-5-7-17(3,11-19)12-20/h6,8,10,13,20H,4-5,7,9,11-12H2,1-3H3/t13-,17-/m1/s1. The van der Waals surface area contributed by atoms with E-state index in [4.69, 9.17) is 4.74 Å². The Kier molecular flexibility index (Phi) is 5.40. The minimum Gasteiger partial charge on any atom is -0.475 e. The molecule has 5 nitrogen and oxygen atoms in total. The molecule has 0 unspecified atom stereocenters. The summed E-state index contributed by atoms with van der Waals surface area (Å²) in [5.41, 5.74) is 0.396. The number of aliphatic hydroxyl groups is 1. The number of likely N-dealkylation sites (tertiary alicyclic amines) is 1. The number of carbonyl (C=O) groups excluding carboxylic acids is 1. The van der Waals surface area contributed by atoms with E-state index in [0.717, 1.165) is 25.8 Å². The fourth-order valence-corrected chi connectivity index (χ4v) is 2.70. The molecule has 2 heterocycles. The maximum Gasteiger partial charge on any atom is 0.254 e. The Hall–Kier alpha value is -1.62. The smallest absolute Gasteiger partial charge is 0.254 e. The Balaban J connectivity index is 2.10. The maximum atomic E-state index is 12.7. The van der Waals surface area contributed by atoms with Crippen LogP contribution in [0.2, 0.25) is 0 Å². The first-order chi connectivity index (χ1) is 10.5. The van der Waals surface area contributed by atoms with Gasteiger partial charge in [-0.05, 0) is 32.3 Å². The number of hydrogen-bond acceptors (Lipinski definition) is 4. The Bertz CT molecular complexity index is 520. The van der Waals surface area contributed by atoms with Crippen molar-refractivity contribution in [3.8, 4) is 5.88 Å². The highest BCUT2D eigenvalue weighted by molar-refractivity contribution is 5.94. The maximum absolute atomic E-state index is 12.7. The predicted molar refractivity (Wildman–Crippen MR) is 84.9 cm³/mol. The number of ether oxygens (including phenoxy) is 1. The zero-order valence-electron chi connectivity index (χ0n) is 13.7. The van der Waals surface area contributed by atoms with Crippen LogP contribution in [0.25, 0.3) is 0 Å². The van der Waals surface area contributed by atoms with Gasteiger partial charge in [0.15, 0.2) is 0 Å². The van der Waals surface area contributed by atoms with E-state index in [1.807, 2.05) is 25.7 Å². The predicted octanol–water partition coefficient (Wildman–Crippen LogP) is 2.49. The van der Waals surface area contributed by atoms with Gasteiger partial charge in [-0.3, -0.25) is 4.79 Å². The minimum atomic E-state index is -0.197. The third-order valence-electron chi connectivity index (χ3n) is 4.33. The lowest BCUT2D eigenvalue weighted by atomic mass is 9.82. The van der Waals surface area contributed by atoms with Crippen LogP contribution in [0.15, 0.2) is 18.3 Å². The normalized spacial score (nSPS) is 23.2. The molecule has 1 saturated heterocycles. The minimum absolute atomic E-state index is 0.0178. The molecule has 1 amide bonds. The molecule has 22 heavy (non-hydrogen) atoms. The van der Waals surface area contributed by atoms with Crippen LogP contribution in [0.4, 0.5) is 0 Å². The topological polar surface area (TPSA) is 62.7 Å². The molecule has 2 rings (SSSR count). The molecule has 0 spiro atoms. The van der Waals surface area contributed by atoms with E-state index in [1.165, 1.54) is 0 Å². The van der Waals surface area contributed by atoms with Gasteiger partial charge in [0.1, 0.15) is 0 Å². The van der Waals surface area contributed by atoms with E-state index >= 15 is 0 Å². The van der Waals surface area contributed by atoms with Crippen LogP contribution < -0.4 is 4.74 Å². The van der Waals surface area contributed by atoms with Crippen molar-refractivity contribution in [2.24, 2.45) is 5.41 Å². The highest BCUT2D eigenvalue weighted by atomic mass is 16.5. The SMILES string of the molecule is CC[C@@H](C)Oc1cc(C(=O)N2CCC[C@@](C)(CO)C2)ccn1. The zero-order valence-corrected chi connectivity index (χ0v) is 13.7. The summed E-state index contributed by atoms with van der Waals surface area (Å²) in [6, 6.07) is 3.43. The highest BCUT2D eigenvalue weighted by Crippen LogP contribution is 2.29. The molecule has 0 saturated carbocycles. The average molecular weight is 306 g/mol. The largest absolute Gasteiger partial charge is 0.475 e. The van der Waals surface area contributed by atoms with Gasteiger partial charge < -0.3 is 14.7 Å². The summed E-state index contributed by atoms with van der Waals surface area (Å²) >= 11 is 0. The van der Waals surface area contributed by atoms with Gasteiger partial charge in [-0.2, -0.15) is 0 Å². The van der Waals surface area contributed by atoms with Gasteiger partial charge in [0.25, 0.3) is 5.91 Å². The van der Waals surface area contributed by atoms with Gasteiger partial charge >= 0.3 is 0 Å². The molecule has 1 N–H and O–H groups in total. The fraction of sp³-hybridized carbons (Fsp3) is 0.647. The summed E-state index contributed by atoms with van der Waals surface area (Å²) in [6.07, 6.45) is 4.45. The van der Waals surface area contributed by atoms with Crippen molar-refractivity contribution in [3.63, 3.8) is 0 Å². The Labute approximate surface area is 132 Å². The molecule has 1 aromatic heterocycles. The Morgan fingerprint density at radius 2 is 2.36 bits per heavy atom. The molecule has 1 aliphatic rings. The van der Waals surface area contributed by atoms with E-state index in [2.05, 4.69) is 4.98 Å². The van der Waals surface area contributed by atoms with Crippen molar-refractivity contribution in [2.75, 3.05) is 19.7 Å². The third kappa shape index (κ3) is 3.97. The van der Waals surface area contributed by atoms with Crippen molar-refractivity contribution in [1.29, 1.82) is 0 Å². The highest BCUT2D eigenvalue weighted by Gasteiger charge is 2.33. The molecule has 0 bridgehead atoms. The quantitative estimate of drug-likeness (QED) is 0.908. The van der Waals surface area contributed by atoms with Crippen molar-refractivity contribution in [1.82, 2.24) is 9.88 Å². The van der Waals surface area contributed by atoms with Crippen LogP contribution in [0, 0.1) is 5.41 Å². The first kappa shape index (κ1) is 16.7. The van der Waals surface area contributed by atoms with E-state index in [1.54, 1.807) is 18.3 Å². The number of rotatable bonds is 5. The van der Waals surface area contributed by atoms with Crippen molar-refractivity contribution >= 4 is 5.91 Å². The second-order valence-electron chi connectivity index (χ2n) is 6.52. The van der Waals surface area contributed by atoms with Gasteiger partial charge in [0.05, 0.1) is 12.7 Å². The first-order valence-electron chi connectivity index (χ1n) is 8.00. The number of piperidine rings is 1. The molecule has 122 valence electrons. The fourth-order valence-electron chi connectivity index (χ4n) is 2.70. The number of aliphatic hydroxyl groups excluding tert-OH is 1. The summed E-state index contributed by atoms with van der Waals surface area (Å²) in [7, 11) is 0. The lowest BCUT2D eigenvalue weighted by Gasteiger charge is -2.39. The third-order valence-corrected chi connectivity index (χ3v) is 4.33. The number of amides is 1. The summed E-state index contributed by atoms with van der Waals surface area (Å²) in [5.74, 6) is 0.470. The molecule has 1 aliphatic heterocycles. The second kappa shape index (κ2) is 7.09. The van der Waals surface area contributed by atoms with Crippen molar-refractivity contribution in [3.05, 3.63) is 23.9 Å². The molecule has 1 fully saturated rings. The molecular weight excluding hydrogens is 280 g/mol. The monoisotopic (exact) mass is 306 g/mol. The van der Waals surface area contributed by atoms with Gasteiger partial charge in [-0.15, -0.1) is 0 Å². The van der Waals surface area contributed by atoms with Crippen molar-refractivity contribution in [2.45, 2.75) is 46.1 Å². The average Bonchev–Trinajstić information content (AvgIpc) is 2.54. The summed E-state index contributed by atoms with van der Waals surface area (Å²) in [5, 5.41) is 9.52. The molecule has 0 radical (unpaired) electrons.